The largest absolute Gasteiger partial charge is 0.327 e. The molecule has 0 radical (unpaired) electrons. The Labute approximate surface area is 69.2 Å². The van der Waals surface area contributed by atoms with E-state index >= 15 is 0 Å². The quantitative estimate of drug-likeness (QED) is 0.443. The maximum absolute atomic E-state index is 5.77. The summed E-state index contributed by atoms with van der Waals surface area (Å²) in [5.41, 5.74) is 8.49. The molecule has 0 saturated carbocycles. The van der Waals surface area contributed by atoms with Crippen LogP contribution in [-0.2, 0) is 0 Å². The fourth-order valence-corrected chi connectivity index (χ4v) is 0.894. The normalized spacial score (nSPS) is 12.2. The molecule has 0 aliphatic carbocycles. The van der Waals surface area contributed by atoms with Gasteiger partial charge in [-0.15, -0.1) is 5.73 Å². The van der Waals surface area contributed by atoms with Crippen molar-refractivity contribution < 1.29 is 0 Å². The van der Waals surface area contributed by atoms with Gasteiger partial charge < -0.3 is 11.1 Å². The van der Waals surface area contributed by atoms with Crippen LogP contribution in [0.1, 0.15) is 19.3 Å². The van der Waals surface area contributed by atoms with E-state index in [1.807, 2.05) is 13.1 Å². The van der Waals surface area contributed by atoms with Crippen molar-refractivity contribution >= 4 is 0 Å². The standard InChI is InChI=1S/C9H18N2/c1-3-4-6-9(10)7-5-8-11-2/h4,9,11H,1,5-8,10H2,2H3. The lowest BCUT2D eigenvalue weighted by Gasteiger charge is -2.06. The number of hydrogen-bond donors (Lipinski definition) is 2. The van der Waals surface area contributed by atoms with Crippen molar-refractivity contribution in [3.63, 3.8) is 0 Å². The lowest BCUT2D eigenvalue weighted by molar-refractivity contribution is 0.572. The summed E-state index contributed by atoms with van der Waals surface area (Å²) in [6.07, 6.45) is 5.00. The number of rotatable bonds is 6. The van der Waals surface area contributed by atoms with Gasteiger partial charge >= 0.3 is 0 Å². The molecule has 0 aromatic carbocycles. The predicted octanol–water partition coefficient (Wildman–Crippen LogP) is 1.04. The Morgan fingerprint density at radius 2 is 2.45 bits per heavy atom. The third-order valence-corrected chi connectivity index (χ3v) is 1.57. The van der Waals surface area contributed by atoms with Gasteiger partial charge in [-0.05, 0) is 38.9 Å². The summed E-state index contributed by atoms with van der Waals surface area (Å²) in [7, 11) is 1.95. The van der Waals surface area contributed by atoms with Gasteiger partial charge in [0, 0.05) is 6.04 Å². The smallest absolute Gasteiger partial charge is 0.00799 e. The van der Waals surface area contributed by atoms with Crippen molar-refractivity contribution in [2.45, 2.75) is 25.3 Å². The van der Waals surface area contributed by atoms with Gasteiger partial charge in [0.2, 0.25) is 0 Å². The maximum atomic E-state index is 5.77. The van der Waals surface area contributed by atoms with Gasteiger partial charge in [0.25, 0.3) is 0 Å². The predicted molar refractivity (Wildman–Crippen MR) is 49.5 cm³/mol. The van der Waals surface area contributed by atoms with Crippen LogP contribution in [0.15, 0.2) is 18.4 Å². The average Bonchev–Trinajstić information content (AvgIpc) is 2.01. The second-order valence-electron chi connectivity index (χ2n) is 2.65. The first-order valence-electron chi connectivity index (χ1n) is 4.05. The third kappa shape index (κ3) is 7.34. The summed E-state index contributed by atoms with van der Waals surface area (Å²) in [5, 5.41) is 3.09. The minimum Gasteiger partial charge on any atom is -0.327 e. The Kier molecular flexibility index (Phi) is 7.16. The highest BCUT2D eigenvalue weighted by Crippen LogP contribution is 1.98. The summed E-state index contributed by atoms with van der Waals surface area (Å²) < 4.78 is 0. The van der Waals surface area contributed by atoms with Crippen molar-refractivity contribution in [3.8, 4) is 0 Å². The lowest BCUT2D eigenvalue weighted by Crippen LogP contribution is -2.20. The number of nitrogens with one attached hydrogen (secondary N) is 1. The van der Waals surface area contributed by atoms with E-state index in [0.29, 0.717) is 0 Å². The van der Waals surface area contributed by atoms with Gasteiger partial charge in [0.05, 0.1) is 0 Å². The molecule has 0 spiro atoms. The van der Waals surface area contributed by atoms with Gasteiger partial charge in [0.1, 0.15) is 0 Å². The van der Waals surface area contributed by atoms with E-state index in [1.54, 1.807) is 0 Å². The van der Waals surface area contributed by atoms with E-state index in [1.165, 1.54) is 0 Å². The number of nitrogens with two attached hydrogens (primary N) is 1. The van der Waals surface area contributed by atoms with Gasteiger partial charge in [-0.2, -0.15) is 0 Å². The molecule has 0 fully saturated rings. The molecule has 0 saturated heterocycles. The minimum absolute atomic E-state index is 0.276. The summed E-state index contributed by atoms with van der Waals surface area (Å²) in [6, 6.07) is 0.276. The average molecular weight is 154 g/mol. The third-order valence-electron chi connectivity index (χ3n) is 1.57. The molecule has 3 N–H and O–H groups in total. The fourth-order valence-electron chi connectivity index (χ4n) is 0.894. The number of hydrogen-bond acceptors (Lipinski definition) is 2. The molecule has 2 nitrogen and oxygen atoms in total. The van der Waals surface area contributed by atoms with E-state index in [0.717, 1.165) is 25.8 Å². The molecule has 0 rings (SSSR count). The molecule has 1 unspecified atom stereocenters. The molecule has 0 aromatic heterocycles. The molecule has 64 valence electrons. The Balaban J connectivity index is 3.21. The first-order valence-corrected chi connectivity index (χ1v) is 4.05. The molecule has 2 heteroatoms. The van der Waals surface area contributed by atoms with Crippen LogP contribution in [0.25, 0.3) is 0 Å². The van der Waals surface area contributed by atoms with E-state index in [-0.39, 0.29) is 6.04 Å². The van der Waals surface area contributed by atoms with Crippen LogP contribution in [0.4, 0.5) is 0 Å². The van der Waals surface area contributed by atoms with E-state index in [9.17, 15) is 0 Å². The summed E-state index contributed by atoms with van der Waals surface area (Å²) in [4.78, 5) is 0. The molecular formula is C9H18N2. The van der Waals surface area contributed by atoms with Crippen LogP contribution in [0.3, 0.4) is 0 Å². The zero-order valence-corrected chi connectivity index (χ0v) is 7.27. The van der Waals surface area contributed by atoms with Crippen LogP contribution < -0.4 is 11.1 Å². The molecule has 11 heavy (non-hydrogen) atoms. The molecule has 0 bridgehead atoms. The maximum Gasteiger partial charge on any atom is 0.00799 e. The Hall–Kier alpha value is -0.560. The van der Waals surface area contributed by atoms with Gasteiger partial charge in [0.15, 0.2) is 0 Å². The minimum atomic E-state index is 0.276. The second kappa shape index (κ2) is 7.55. The van der Waals surface area contributed by atoms with E-state index < -0.39 is 0 Å². The Morgan fingerprint density at radius 3 is 3.00 bits per heavy atom. The Bertz CT molecular complexity index is 126. The molecule has 0 aromatic rings. The van der Waals surface area contributed by atoms with Gasteiger partial charge in [-0.25, -0.2) is 0 Å². The van der Waals surface area contributed by atoms with Crippen molar-refractivity contribution in [2.24, 2.45) is 5.73 Å². The summed E-state index contributed by atoms with van der Waals surface area (Å²) in [6.45, 7) is 4.53. The monoisotopic (exact) mass is 154 g/mol. The van der Waals surface area contributed by atoms with Gasteiger partial charge in [-0.1, -0.05) is 6.58 Å². The van der Waals surface area contributed by atoms with Crippen LogP contribution >= 0.6 is 0 Å². The van der Waals surface area contributed by atoms with Crippen molar-refractivity contribution in [1.29, 1.82) is 0 Å². The topological polar surface area (TPSA) is 38.0 Å². The molecule has 0 heterocycles. The molecular weight excluding hydrogens is 136 g/mol. The van der Waals surface area contributed by atoms with Crippen LogP contribution in [0.2, 0.25) is 0 Å². The van der Waals surface area contributed by atoms with Crippen molar-refractivity contribution in [2.75, 3.05) is 13.6 Å². The first kappa shape index (κ1) is 10.4. The highest BCUT2D eigenvalue weighted by atomic mass is 14.8. The van der Waals surface area contributed by atoms with Gasteiger partial charge in [-0.3, -0.25) is 0 Å². The summed E-state index contributed by atoms with van der Waals surface area (Å²) >= 11 is 0. The van der Waals surface area contributed by atoms with E-state index in [2.05, 4.69) is 17.6 Å². The molecule has 0 aliphatic rings. The fraction of sp³-hybridized carbons (Fsp3) is 0.667. The highest BCUT2D eigenvalue weighted by Gasteiger charge is 1.97. The first-order chi connectivity index (χ1) is 5.31. The van der Waals surface area contributed by atoms with Crippen LogP contribution in [0, 0.1) is 0 Å². The lowest BCUT2D eigenvalue weighted by atomic mass is 10.1. The van der Waals surface area contributed by atoms with E-state index in [4.69, 9.17) is 5.73 Å². The van der Waals surface area contributed by atoms with Crippen molar-refractivity contribution in [1.82, 2.24) is 5.32 Å². The van der Waals surface area contributed by atoms with Crippen LogP contribution in [0.5, 0.6) is 0 Å². The second-order valence-corrected chi connectivity index (χ2v) is 2.65. The zero-order valence-electron chi connectivity index (χ0n) is 7.27. The molecule has 0 amide bonds. The molecule has 0 aliphatic heterocycles. The Morgan fingerprint density at radius 1 is 1.73 bits per heavy atom. The summed E-state index contributed by atoms with van der Waals surface area (Å²) in [5.74, 6) is 0. The highest BCUT2D eigenvalue weighted by molar-refractivity contribution is 4.80. The van der Waals surface area contributed by atoms with Crippen molar-refractivity contribution in [3.05, 3.63) is 18.4 Å². The zero-order chi connectivity index (χ0) is 8.53. The van der Waals surface area contributed by atoms with Crippen LogP contribution in [-0.4, -0.2) is 19.6 Å². The molecule has 1 atom stereocenters. The SMILES string of the molecule is C=C=CCC(N)CCCNC.